The van der Waals surface area contributed by atoms with E-state index in [1.807, 2.05) is 36.4 Å². The maximum absolute atomic E-state index is 11.8. The van der Waals surface area contributed by atoms with Gasteiger partial charge in [0.1, 0.15) is 5.92 Å². The van der Waals surface area contributed by atoms with Gasteiger partial charge in [0.05, 0.1) is 0 Å². The first-order valence-electron chi connectivity index (χ1n) is 5.27. The standard InChI is InChI=1S/C13H13NO2/c14-13(16)11-7-6-10(12(11)15)8-9-4-2-1-3-5-9/h1-5,8,11H,6-7H2,(H2,14,16)/b10-8+. The van der Waals surface area contributed by atoms with Gasteiger partial charge in [-0.25, -0.2) is 0 Å². The predicted octanol–water partition coefficient (Wildman–Crippen LogP) is 1.53. The number of carbonyl (C=O) groups excluding carboxylic acids is 2. The number of amides is 1. The van der Waals surface area contributed by atoms with Crippen molar-refractivity contribution in [3.05, 3.63) is 41.5 Å². The van der Waals surface area contributed by atoms with E-state index in [1.165, 1.54) is 0 Å². The molecule has 0 radical (unpaired) electrons. The fourth-order valence-electron chi connectivity index (χ4n) is 1.94. The van der Waals surface area contributed by atoms with Crippen LogP contribution in [0.25, 0.3) is 6.08 Å². The molecule has 0 spiro atoms. The van der Waals surface area contributed by atoms with Crippen LogP contribution in [0.5, 0.6) is 0 Å². The Labute approximate surface area is 94.0 Å². The average Bonchev–Trinajstić information content (AvgIpc) is 2.62. The summed E-state index contributed by atoms with van der Waals surface area (Å²) in [4.78, 5) is 22.8. The molecule has 0 saturated heterocycles. The van der Waals surface area contributed by atoms with Gasteiger partial charge in [-0.3, -0.25) is 9.59 Å². The minimum Gasteiger partial charge on any atom is -0.369 e. The third-order valence-corrected chi connectivity index (χ3v) is 2.82. The number of nitrogens with two attached hydrogens (primary N) is 1. The summed E-state index contributed by atoms with van der Waals surface area (Å²) in [7, 11) is 0. The van der Waals surface area contributed by atoms with Crippen LogP contribution in [0.1, 0.15) is 18.4 Å². The Morgan fingerprint density at radius 2 is 2.00 bits per heavy atom. The van der Waals surface area contributed by atoms with Crippen LogP contribution in [0.4, 0.5) is 0 Å². The highest BCUT2D eigenvalue weighted by molar-refractivity contribution is 6.13. The molecule has 0 heterocycles. The number of carbonyl (C=O) groups is 2. The zero-order chi connectivity index (χ0) is 11.5. The van der Waals surface area contributed by atoms with Crippen LogP contribution in [-0.2, 0) is 9.59 Å². The number of primary amides is 1. The first-order valence-corrected chi connectivity index (χ1v) is 5.27. The molecule has 1 aromatic rings. The van der Waals surface area contributed by atoms with Crippen molar-refractivity contribution < 1.29 is 9.59 Å². The van der Waals surface area contributed by atoms with E-state index in [0.717, 1.165) is 5.56 Å². The molecule has 82 valence electrons. The number of Topliss-reactive ketones (excluding diaryl/α,β-unsaturated/α-hetero) is 1. The smallest absolute Gasteiger partial charge is 0.228 e. The van der Waals surface area contributed by atoms with Gasteiger partial charge >= 0.3 is 0 Å². The molecule has 16 heavy (non-hydrogen) atoms. The molecule has 0 aliphatic heterocycles. The van der Waals surface area contributed by atoms with Crippen molar-refractivity contribution in [2.24, 2.45) is 11.7 Å². The minimum atomic E-state index is -0.616. The number of hydrogen-bond acceptors (Lipinski definition) is 2. The van der Waals surface area contributed by atoms with Gasteiger partial charge in [-0.1, -0.05) is 30.3 Å². The van der Waals surface area contributed by atoms with E-state index < -0.39 is 11.8 Å². The topological polar surface area (TPSA) is 60.2 Å². The van der Waals surface area contributed by atoms with Crippen LogP contribution in [0.3, 0.4) is 0 Å². The second-order valence-corrected chi connectivity index (χ2v) is 3.94. The van der Waals surface area contributed by atoms with Gasteiger partial charge < -0.3 is 5.73 Å². The molecule has 1 saturated carbocycles. The summed E-state index contributed by atoms with van der Waals surface area (Å²) in [5.41, 5.74) is 6.84. The quantitative estimate of drug-likeness (QED) is 0.600. The lowest BCUT2D eigenvalue weighted by molar-refractivity contribution is -0.128. The van der Waals surface area contributed by atoms with E-state index in [9.17, 15) is 9.59 Å². The molecule has 1 atom stereocenters. The third-order valence-electron chi connectivity index (χ3n) is 2.82. The highest BCUT2D eigenvalue weighted by atomic mass is 16.2. The van der Waals surface area contributed by atoms with Crippen LogP contribution in [-0.4, -0.2) is 11.7 Å². The summed E-state index contributed by atoms with van der Waals surface area (Å²) in [6.07, 6.45) is 3.03. The molecule has 3 nitrogen and oxygen atoms in total. The average molecular weight is 215 g/mol. The van der Waals surface area contributed by atoms with Crippen molar-refractivity contribution in [1.82, 2.24) is 0 Å². The molecular formula is C13H13NO2. The Morgan fingerprint density at radius 3 is 2.56 bits per heavy atom. The van der Waals surface area contributed by atoms with Gasteiger partial charge in [0.15, 0.2) is 5.78 Å². The van der Waals surface area contributed by atoms with E-state index in [4.69, 9.17) is 5.73 Å². The Kier molecular flexibility index (Phi) is 2.86. The molecule has 0 aromatic heterocycles. The van der Waals surface area contributed by atoms with Crippen molar-refractivity contribution in [3.8, 4) is 0 Å². The lowest BCUT2D eigenvalue weighted by Crippen LogP contribution is -2.26. The first kappa shape index (κ1) is 10.6. The van der Waals surface area contributed by atoms with Crippen molar-refractivity contribution >= 4 is 17.8 Å². The highest BCUT2D eigenvalue weighted by Crippen LogP contribution is 2.28. The molecule has 2 N–H and O–H groups in total. The summed E-state index contributed by atoms with van der Waals surface area (Å²) < 4.78 is 0. The van der Waals surface area contributed by atoms with Crippen molar-refractivity contribution in [2.45, 2.75) is 12.8 Å². The Bertz CT molecular complexity index is 448. The summed E-state index contributed by atoms with van der Waals surface area (Å²) >= 11 is 0. The van der Waals surface area contributed by atoms with Crippen LogP contribution in [0, 0.1) is 5.92 Å². The zero-order valence-corrected chi connectivity index (χ0v) is 8.85. The van der Waals surface area contributed by atoms with Gasteiger partial charge in [0.2, 0.25) is 5.91 Å². The first-order chi connectivity index (χ1) is 7.68. The molecule has 1 unspecified atom stereocenters. The predicted molar refractivity (Wildman–Crippen MR) is 61.3 cm³/mol. The van der Waals surface area contributed by atoms with E-state index >= 15 is 0 Å². The number of rotatable bonds is 2. The number of allylic oxidation sites excluding steroid dienone is 1. The summed E-state index contributed by atoms with van der Waals surface area (Å²) in [6.45, 7) is 0. The van der Waals surface area contributed by atoms with Gasteiger partial charge in [0.25, 0.3) is 0 Å². The normalized spacial score (nSPS) is 22.6. The van der Waals surface area contributed by atoms with E-state index in [2.05, 4.69) is 0 Å². The molecule has 1 aliphatic rings. The molecule has 1 amide bonds. The maximum atomic E-state index is 11.8. The zero-order valence-electron chi connectivity index (χ0n) is 8.85. The van der Waals surface area contributed by atoms with Gasteiger partial charge in [0, 0.05) is 0 Å². The SMILES string of the molecule is NC(=O)C1CC/C(=C\c2ccccc2)C1=O. The second-order valence-electron chi connectivity index (χ2n) is 3.94. The maximum Gasteiger partial charge on any atom is 0.228 e. The fraction of sp³-hybridized carbons (Fsp3) is 0.231. The van der Waals surface area contributed by atoms with Crippen LogP contribution in [0.2, 0.25) is 0 Å². The Morgan fingerprint density at radius 1 is 1.31 bits per heavy atom. The molecular weight excluding hydrogens is 202 g/mol. The molecule has 0 bridgehead atoms. The Hall–Kier alpha value is -1.90. The molecule has 1 fully saturated rings. The Balaban J connectivity index is 2.22. The highest BCUT2D eigenvalue weighted by Gasteiger charge is 2.33. The van der Waals surface area contributed by atoms with E-state index in [0.29, 0.717) is 18.4 Å². The number of ketones is 1. The van der Waals surface area contributed by atoms with Gasteiger partial charge in [-0.2, -0.15) is 0 Å². The van der Waals surface area contributed by atoms with Crippen molar-refractivity contribution in [1.29, 1.82) is 0 Å². The van der Waals surface area contributed by atoms with Gasteiger partial charge in [-0.05, 0) is 30.1 Å². The second kappa shape index (κ2) is 4.31. The van der Waals surface area contributed by atoms with E-state index in [1.54, 1.807) is 0 Å². The number of hydrogen-bond donors (Lipinski definition) is 1. The van der Waals surface area contributed by atoms with Crippen molar-refractivity contribution in [3.63, 3.8) is 0 Å². The van der Waals surface area contributed by atoms with Crippen molar-refractivity contribution in [2.75, 3.05) is 0 Å². The summed E-state index contributed by atoms with van der Waals surface area (Å²) in [5.74, 6) is -1.24. The third kappa shape index (κ3) is 2.03. The number of benzene rings is 1. The molecule has 3 heteroatoms. The van der Waals surface area contributed by atoms with Gasteiger partial charge in [-0.15, -0.1) is 0 Å². The fourth-order valence-corrected chi connectivity index (χ4v) is 1.94. The van der Waals surface area contributed by atoms with E-state index in [-0.39, 0.29) is 5.78 Å². The lowest BCUT2D eigenvalue weighted by Gasteiger charge is -2.00. The monoisotopic (exact) mass is 215 g/mol. The molecule has 1 aromatic carbocycles. The lowest BCUT2D eigenvalue weighted by atomic mass is 10.0. The minimum absolute atomic E-state index is 0.114. The van der Waals surface area contributed by atoms with Crippen LogP contribution >= 0.6 is 0 Å². The van der Waals surface area contributed by atoms with Crippen LogP contribution in [0.15, 0.2) is 35.9 Å². The molecule has 2 rings (SSSR count). The largest absolute Gasteiger partial charge is 0.369 e. The summed E-state index contributed by atoms with van der Waals surface area (Å²) in [5, 5.41) is 0. The summed E-state index contributed by atoms with van der Waals surface area (Å²) in [6, 6.07) is 9.61. The van der Waals surface area contributed by atoms with Crippen LogP contribution < -0.4 is 5.73 Å². The molecule has 1 aliphatic carbocycles.